The van der Waals surface area contributed by atoms with Gasteiger partial charge in [-0.2, -0.15) is 0 Å². The van der Waals surface area contributed by atoms with Gasteiger partial charge in [-0.05, 0) is 50.4 Å². The summed E-state index contributed by atoms with van der Waals surface area (Å²) in [5, 5.41) is 3.29. The standard InChI is InChI=1S/C13H19FN2O2S.ClH/c14-12-5-1-2-6-13(12)19(17,18)16-9-7-11-4-3-8-15-10-11;/h1-2,5-6,11,15-16H,3-4,7-10H2;1H. The van der Waals surface area contributed by atoms with E-state index in [0.717, 1.165) is 38.4 Å². The summed E-state index contributed by atoms with van der Waals surface area (Å²) in [5.41, 5.74) is 0. The maximum absolute atomic E-state index is 13.4. The number of rotatable bonds is 5. The Labute approximate surface area is 125 Å². The third-order valence-corrected chi connectivity index (χ3v) is 4.86. The van der Waals surface area contributed by atoms with E-state index in [1.807, 2.05) is 0 Å². The van der Waals surface area contributed by atoms with Gasteiger partial charge in [0.05, 0.1) is 0 Å². The largest absolute Gasteiger partial charge is 0.316 e. The average molecular weight is 323 g/mol. The molecule has 4 nitrogen and oxygen atoms in total. The highest BCUT2D eigenvalue weighted by molar-refractivity contribution is 7.89. The highest BCUT2D eigenvalue weighted by Crippen LogP contribution is 2.15. The Morgan fingerprint density at radius 3 is 2.75 bits per heavy atom. The van der Waals surface area contributed by atoms with Crippen LogP contribution in [0.5, 0.6) is 0 Å². The Bertz CT molecular complexity index is 519. The lowest BCUT2D eigenvalue weighted by Gasteiger charge is -2.22. The van der Waals surface area contributed by atoms with Gasteiger partial charge in [-0.25, -0.2) is 17.5 Å². The molecule has 0 saturated carbocycles. The lowest BCUT2D eigenvalue weighted by molar-refractivity contribution is 0.358. The molecule has 0 amide bonds. The molecule has 1 aromatic rings. The summed E-state index contributed by atoms with van der Waals surface area (Å²) in [5.74, 6) is -0.216. The van der Waals surface area contributed by atoms with Crippen LogP contribution < -0.4 is 10.0 Å². The molecule has 2 rings (SSSR count). The maximum atomic E-state index is 13.4. The summed E-state index contributed by atoms with van der Waals surface area (Å²) in [7, 11) is -3.74. The topological polar surface area (TPSA) is 58.2 Å². The van der Waals surface area contributed by atoms with E-state index in [4.69, 9.17) is 0 Å². The summed E-state index contributed by atoms with van der Waals surface area (Å²) in [6, 6.07) is 5.42. The number of hydrogen-bond donors (Lipinski definition) is 2. The summed E-state index contributed by atoms with van der Waals surface area (Å²) in [4.78, 5) is -0.281. The lowest BCUT2D eigenvalue weighted by Crippen LogP contribution is -2.33. The van der Waals surface area contributed by atoms with Gasteiger partial charge in [-0.3, -0.25) is 0 Å². The zero-order valence-corrected chi connectivity index (χ0v) is 12.8. The molecule has 1 unspecified atom stereocenters. The van der Waals surface area contributed by atoms with Gasteiger partial charge in [0.2, 0.25) is 10.0 Å². The molecule has 1 saturated heterocycles. The van der Waals surface area contributed by atoms with Gasteiger partial charge < -0.3 is 5.32 Å². The van der Waals surface area contributed by atoms with Crippen molar-refractivity contribution in [2.24, 2.45) is 5.92 Å². The zero-order chi connectivity index (χ0) is 13.7. The molecule has 0 aliphatic carbocycles. The molecule has 1 aromatic carbocycles. The van der Waals surface area contributed by atoms with Crippen molar-refractivity contribution in [1.82, 2.24) is 10.0 Å². The molecule has 1 atom stereocenters. The van der Waals surface area contributed by atoms with Crippen molar-refractivity contribution in [3.8, 4) is 0 Å². The normalized spacial score (nSPS) is 19.4. The zero-order valence-electron chi connectivity index (χ0n) is 11.1. The van der Waals surface area contributed by atoms with E-state index >= 15 is 0 Å². The van der Waals surface area contributed by atoms with Crippen LogP contribution in [-0.2, 0) is 10.0 Å². The minimum atomic E-state index is -3.74. The van der Waals surface area contributed by atoms with Crippen LogP contribution in [0.3, 0.4) is 0 Å². The van der Waals surface area contributed by atoms with Crippen molar-refractivity contribution < 1.29 is 12.8 Å². The van der Waals surface area contributed by atoms with Gasteiger partial charge in [-0.1, -0.05) is 12.1 Å². The lowest BCUT2D eigenvalue weighted by atomic mass is 9.96. The number of sulfonamides is 1. The highest BCUT2D eigenvalue weighted by Gasteiger charge is 2.19. The molecule has 1 heterocycles. The molecule has 114 valence electrons. The van der Waals surface area contributed by atoms with Crippen molar-refractivity contribution in [3.05, 3.63) is 30.1 Å². The molecule has 1 aliphatic heterocycles. The first-order chi connectivity index (χ1) is 9.09. The minimum Gasteiger partial charge on any atom is -0.316 e. The first kappa shape index (κ1) is 17.4. The number of piperidine rings is 1. The monoisotopic (exact) mass is 322 g/mol. The molecule has 0 radical (unpaired) electrons. The Kier molecular flexibility index (Phi) is 6.88. The third kappa shape index (κ3) is 4.70. The molecule has 0 bridgehead atoms. The Balaban J connectivity index is 0.00000200. The van der Waals surface area contributed by atoms with Crippen molar-refractivity contribution in [2.75, 3.05) is 19.6 Å². The third-order valence-electron chi connectivity index (χ3n) is 3.37. The quantitative estimate of drug-likeness (QED) is 0.870. The minimum absolute atomic E-state index is 0. The summed E-state index contributed by atoms with van der Waals surface area (Å²) in [6.07, 6.45) is 3.03. The van der Waals surface area contributed by atoms with Crippen LogP contribution in [0.4, 0.5) is 4.39 Å². The molecule has 1 fully saturated rings. The first-order valence-corrected chi connectivity index (χ1v) is 8.03. The number of hydrogen-bond acceptors (Lipinski definition) is 3. The molecule has 0 spiro atoms. The predicted molar refractivity (Wildman–Crippen MR) is 79.0 cm³/mol. The second-order valence-corrected chi connectivity index (χ2v) is 6.56. The van der Waals surface area contributed by atoms with Gasteiger partial charge in [-0.15, -0.1) is 12.4 Å². The van der Waals surface area contributed by atoms with Crippen LogP contribution in [0.15, 0.2) is 29.2 Å². The van der Waals surface area contributed by atoms with Crippen molar-refractivity contribution >= 4 is 22.4 Å². The maximum Gasteiger partial charge on any atom is 0.243 e. The summed E-state index contributed by atoms with van der Waals surface area (Å²) < 4.78 is 39.8. The molecule has 0 aromatic heterocycles. The number of nitrogens with one attached hydrogen (secondary N) is 2. The molecule has 2 N–H and O–H groups in total. The van der Waals surface area contributed by atoms with Crippen molar-refractivity contribution in [2.45, 2.75) is 24.2 Å². The van der Waals surface area contributed by atoms with Crippen molar-refractivity contribution in [1.29, 1.82) is 0 Å². The first-order valence-electron chi connectivity index (χ1n) is 6.54. The van der Waals surface area contributed by atoms with Crippen molar-refractivity contribution in [3.63, 3.8) is 0 Å². The molecular formula is C13H20ClFN2O2S. The van der Waals surface area contributed by atoms with Crippen LogP contribution in [0.25, 0.3) is 0 Å². The Morgan fingerprint density at radius 2 is 2.10 bits per heavy atom. The van der Waals surface area contributed by atoms with Crippen LogP contribution in [-0.4, -0.2) is 28.1 Å². The van der Waals surface area contributed by atoms with E-state index in [0.29, 0.717) is 12.5 Å². The number of benzene rings is 1. The highest BCUT2D eigenvalue weighted by atomic mass is 35.5. The fourth-order valence-electron chi connectivity index (χ4n) is 2.31. The van der Waals surface area contributed by atoms with E-state index in [1.54, 1.807) is 0 Å². The fourth-order valence-corrected chi connectivity index (χ4v) is 3.43. The predicted octanol–water partition coefficient (Wildman–Crippen LogP) is 1.92. The van der Waals surface area contributed by atoms with Crippen LogP contribution in [0.1, 0.15) is 19.3 Å². The Hall–Kier alpha value is -0.690. The second kappa shape index (κ2) is 7.93. The van der Waals surface area contributed by atoms with E-state index in [2.05, 4.69) is 10.0 Å². The molecular weight excluding hydrogens is 303 g/mol. The van der Waals surface area contributed by atoms with E-state index in [-0.39, 0.29) is 17.3 Å². The van der Waals surface area contributed by atoms with E-state index < -0.39 is 15.8 Å². The van der Waals surface area contributed by atoms with Gasteiger partial charge >= 0.3 is 0 Å². The van der Waals surface area contributed by atoms with Gasteiger partial charge in [0, 0.05) is 6.54 Å². The second-order valence-electron chi connectivity index (χ2n) is 4.83. The van der Waals surface area contributed by atoms with Gasteiger partial charge in [0.15, 0.2) is 0 Å². The molecule has 7 heteroatoms. The van der Waals surface area contributed by atoms with Crippen LogP contribution in [0.2, 0.25) is 0 Å². The van der Waals surface area contributed by atoms with Crippen LogP contribution in [0, 0.1) is 11.7 Å². The fraction of sp³-hybridized carbons (Fsp3) is 0.538. The summed E-state index contributed by atoms with van der Waals surface area (Å²) >= 11 is 0. The van der Waals surface area contributed by atoms with Crippen LogP contribution >= 0.6 is 12.4 Å². The number of halogens is 2. The SMILES string of the molecule is Cl.O=S(=O)(NCCC1CCCNC1)c1ccccc1F. The molecule has 1 aliphatic rings. The summed E-state index contributed by atoms with van der Waals surface area (Å²) in [6.45, 7) is 2.32. The van der Waals surface area contributed by atoms with Gasteiger partial charge in [0.25, 0.3) is 0 Å². The van der Waals surface area contributed by atoms with E-state index in [9.17, 15) is 12.8 Å². The average Bonchev–Trinajstić information content (AvgIpc) is 2.40. The van der Waals surface area contributed by atoms with E-state index in [1.165, 1.54) is 18.2 Å². The molecule has 20 heavy (non-hydrogen) atoms. The van der Waals surface area contributed by atoms with Gasteiger partial charge in [0.1, 0.15) is 10.7 Å². The smallest absolute Gasteiger partial charge is 0.243 e. The Morgan fingerprint density at radius 1 is 1.35 bits per heavy atom.